The normalized spacial score (nSPS) is 16.6. The summed E-state index contributed by atoms with van der Waals surface area (Å²) in [4.78, 5) is 0. The van der Waals surface area contributed by atoms with E-state index in [1.165, 1.54) is 29.4 Å². The molecule has 0 N–H and O–H groups in total. The number of rotatable bonds is 4. The van der Waals surface area contributed by atoms with Gasteiger partial charge in [0.2, 0.25) is 0 Å². The highest BCUT2D eigenvalue weighted by atomic mass is 127. The summed E-state index contributed by atoms with van der Waals surface area (Å²) < 4.78 is 1.27. The maximum absolute atomic E-state index is 2.42. The van der Waals surface area contributed by atoms with Gasteiger partial charge >= 0.3 is 0 Å². The van der Waals surface area contributed by atoms with Gasteiger partial charge in [0, 0.05) is 0 Å². The van der Waals surface area contributed by atoms with Gasteiger partial charge in [0.15, 0.2) is 0 Å². The van der Waals surface area contributed by atoms with Gasteiger partial charge in [-0.15, -0.1) is 22.4 Å². The van der Waals surface area contributed by atoms with Gasteiger partial charge in [-0.25, -0.2) is 0 Å². The maximum Gasteiger partial charge on any atom is 0.264 e. The van der Waals surface area contributed by atoms with E-state index in [0.717, 1.165) is 5.92 Å². The lowest BCUT2D eigenvalue weighted by Crippen LogP contribution is -1.81. The molecule has 0 amide bonds. The summed E-state index contributed by atoms with van der Waals surface area (Å²) in [6.45, 7) is 0. The Kier molecular flexibility index (Phi) is 6.76. The Morgan fingerprint density at radius 1 is 1.56 bits per heavy atom. The topological polar surface area (TPSA) is 0 Å². The molecule has 0 heterocycles. The van der Waals surface area contributed by atoms with Crippen LogP contribution in [-0.4, -0.2) is 18.6 Å². The highest BCUT2D eigenvalue weighted by Gasteiger charge is 2.19. The first kappa shape index (κ1) is 10.2. The molecule has 1 aliphatic carbocycles. The molecule has 0 aliphatic heterocycles. The van der Waals surface area contributed by atoms with Gasteiger partial charge in [0.1, 0.15) is 0 Å². The first-order valence-corrected chi connectivity index (χ1v) is 5.75. The summed E-state index contributed by atoms with van der Waals surface area (Å²) in [6.07, 6.45) is 4.51. The largest absolute Gasteiger partial charge is 0.264 e. The Morgan fingerprint density at radius 3 is 2.67 bits per heavy atom. The van der Waals surface area contributed by atoms with Crippen molar-refractivity contribution < 1.29 is 0 Å². The van der Waals surface area contributed by atoms with Crippen molar-refractivity contribution >= 4 is 46.8 Å². The Morgan fingerprint density at radius 2 is 2.22 bits per heavy atom. The van der Waals surface area contributed by atoms with Crippen LogP contribution in [0, 0.1) is 5.92 Å². The molecule has 9 heavy (non-hydrogen) atoms. The Bertz CT molecular complexity index is 68.0. The van der Waals surface area contributed by atoms with Crippen LogP contribution in [-0.2, 0) is 0 Å². The first-order chi connectivity index (χ1) is 3.93. The molecule has 0 aromatic rings. The fraction of sp³-hybridized carbons (Fsp3) is 1.00. The lowest BCUT2D eigenvalue weighted by Gasteiger charge is -1.91. The third kappa shape index (κ3) is 5.64. The molecule has 1 rings (SSSR count). The smallest absolute Gasteiger partial charge is 0.200 e. The van der Waals surface area contributed by atoms with Crippen molar-refractivity contribution in [3.63, 3.8) is 0 Å². The molecule has 1 saturated carbocycles. The standard InChI is InChI=1S/C5H10BIS.BH3/c7-6-8-4-3-5-1-2-5;/h5-6H,1-4H2;1H3. The van der Waals surface area contributed by atoms with Gasteiger partial charge in [-0.2, -0.15) is 11.6 Å². The third-order valence-corrected chi connectivity index (χ3v) is 3.44. The van der Waals surface area contributed by atoms with Crippen molar-refractivity contribution in [2.24, 2.45) is 5.92 Å². The molecular formula is C5H13B2IS. The van der Waals surface area contributed by atoms with E-state index in [0.29, 0.717) is 0 Å². The molecule has 0 atom stereocenters. The van der Waals surface area contributed by atoms with Gasteiger partial charge in [-0.3, -0.25) is 0 Å². The van der Waals surface area contributed by atoms with E-state index in [4.69, 9.17) is 0 Å². The zero-order chi connectivity index (χ0) is 5.82. The zero-order valence-corrected chi connectivity index (χ0v) is 7.87. The summed E-state index contributed by atoms with van der Waals surface area (Å²) >= 11 is 4.48. The maximum atomic E-state index is 2.42. The van der Waals surface area contributed by atoms with Gasteiger partial charge < -0.3 is 0 Å². The first-order valence-electron chi connectivity index (χ1n) is 3.07. The fourth-order valence-corrected chi connectivity index (χ4v) is 2.25. The summed E-state index contributed by atoms with van der Waals surface area (Å²) in [7, 11) is 0. The number of halogens is 1. The molecular weight excluding hydrogens is 241 g/mol. The van der Waals surface area contributed by atoms with Crippen LogP contribution in [0.1, 0.15) is 19.3 Å². The van der Waals surface area contributed by atoms with E-state index in [9.17, 15) is 0 Å². The minimum absolute atomic E-state index is 0. The molecule has 0 saturated heterocycles. The summed E-state index contributed by atoms with van der Waals surface area (Å²) in [5.74, 6) is 2.53. The Balaban J connectivity index is 0.000000640. The number of hydrogen-bond donors (Lipinski definition) is 0. The molecule has 0 aromatic carbocycles. The van der Waals surface area contributed by atoms with Crippen LogP contribution in [0.15, 0.2) is 0 Å². The second-order valence-electron chi connectivity index (χ2n) is 2.25. The molecule has 0 aromatic heterocycles. The molecule has 0 unspecified atom stereocenters. The summed E-state index contributed by atoms with van der Waals surface area (Å²) in [5, 5.41) is 0. The van der Waals surface area contributed by atoms with E-state index >= 15 is 0 Å². The van der Waals surface area contributed by atoms with Crippen molar-refractivity contribution in [1.82, 2.24) is 0 Å². The molecule has 0 spiro atoms. The summed E-state index contributed by atoms with van der Waals surface area (Å²) in [6, 6.07) is 0. The van der Waals surface area contributed by atoms with E-state index < -0.39 is 0 Å². The van der Waals surface area contributed by atoms with Crippen molar-refractivity contribution in [2.45, 2.75) is 19.3 Å². The zero-order valence-electron chi connectivity index (χ0n) is 4.90. The second kappa shape index (κ2) is 5.96. The van der Waals surface area contributed by atoms with Crippen molar-refractivity contribution in [2.75, 3.05) is 5.75 Å². The van der Waals surface area contributed by atoms with Crippen molar-refractivity contribution in [3.05, 3.63) is 0 Å². The second-order valence-corrected chi connectivity index (χ2v) is 5.15. The van der Waals surface area contributed by atoms with Crippen LogP contribution in [0.5, 0.6) is 0 Å². The van der Waals surface area contributed by atoms with E-state index in [-0.39, 0.29) is 8.41 Å². The molecule has 4 heteroatoms. The van der Waals surface area contributed by atoms with Crippen LogP contribution in [0.2, 0.25) is 0 Å². The van der Waals surface area contributed by atoms with Gasteiger partial charge in [0.05, 0.1) is 8.41 Å². The van der Waals surface area contributed by atoms with Crippen LogP contribution >= 0.6 is 34.0 Å². The lowest BCUT2D eigenvalue weighted by molar-refractivity contribution is 0.810. The monoisotopic (exact) mass is 254 g/mol. The fourth-order valence-electron chi connectivity index (χ4n) is 0.711. The molecule has 1 fully saturated rings. The highest BCUT2D eigenvalue weighted by Crippen LogP contribution is 2.33. The predicted octanol–water partition coefficient (Wildman–Crippen LogP) is 1.04. The van der Waals surface area contributed by atoms with E-state index in [2.05, 4.69) is 34.0 Å². The van der Waals surface area contributed by atoms with Crippen molar-refractivity contribution in [3.8, 4) is 0 Å². The highest BCUT2D eigenvalue weighted by molar-refractivity contribution is 14.1. The van der Waals surface area contributed by atoms with Gasteiger partial charge in [-0.05, 0) is 18.1 Å². The minimum atomic E-state index is 0. The Labute approximate surface area is 77.5 Å². The van der Waals surface area contributed by atoms with E-state index in [1.54, 1.807) is 0 Å². The average Bonchev–Trinajstić information content (AvgIpc) is 2.51. The lowest BCUT2D eigenvalue weighted by atomic mass is 10.3. The van der Waals surface area contributed by atoms with Gasteiger partial charge in [-0.1, -0.05) is 12.8 Å². The molecule has 0 bridgehead atoms. The molecule has 52 valence electrons. The molecule has 0 radical (unpaired) electrons. The SMILES string of the molecule is B.IBSCCC1CC1. The Hall–Kier alpha value is 1.21. The van der Waals surface area contributed by atoms with Crippen LogP contribution in [0.3, 0.4) is 0 Å². The minimum Gasteiger partial charge on any atom is -0.200 e. The van der Waals surface area contributed by atoms with Crippen molar-refractivity contribution in [1.29, 1.82) is 0 Å². The third-order valence-electron chi connectivity index (χ3n) is 1.44. The van der Waals surface area contributed by atoms with Crippen LogP contribution in [0.25, 0.3) is 0 Å². The van der Waals surface area contributed by atoms with Crippen LogP contribution in [0.4, 0.5) is 0 Å². The van der Waals surface area contributed by atoms with Gasteiger partial charge in [0.25, 0.3) is 4.41 Å². The van der Waals surface area contributed by atoms with E-state index in [1.807, 2.05) is 0 Å². The quantitative estimate of drug-likeness (QED) is 0.410. The average molecular weight is 254 g/mol. The molecule has 1 aliphatic rings. The summed E-state index contributed by atoms with van der Waals surface area (Å²) in [5.41, 5.74) is 0. The number of hydrogen-bond acceptors (Lipinski definition) is 1. The predicted molar refractivity (Wildman–Crippen MR) is 60.9 cm³/mol. The molecule has 0 nitrogen and oxygen atoms in total. The van der Waals surface area contributed by atoms with Crippen LogP contribution < -0.4 is 0 Å².